The first kappa shape index (κ1) is 21.9. The molecule has 1 unspecified atom stereocenters. The number of hydrogen-bond acceptors (Lipinski definition) is 4. The zero-order valence-corrected chi connectivity index (χ0v) is 19.9. The molecule has 0 aliphatic heterocycles. The molecule has 174 valence electrons. The highest BCUT2D eigenvalue weighted by Crippen LogP contribution is 2.36. The van der Waals surface area contributed by atoms with Gasteiger partial charge < -0.3 is 0 Å². The maximum atomic E-state index is 4.86. The van der Waals surface area contributed by atoms with Crippen LogP contribution in [0.2, 0.25) is 0 Å². The first-order valence-electron chi connectivity index (χ1n) is 12.3. The van der Waals surface area contributed by atoms with Crippen LogP contribution in [0.25, 0.3) is 27.7 Å². The van der Waals surface area contributed by atoms with Crippen LogP contribution >= 0.6 is 0 Å². The summed E-state index contributed by atoms with van der Waals surface area (Å²) >= 11 is 0. The standard InChI is InChI=1S/C32H26N4/c1-4-12-23(13-5-1)26-20-27(24-14-6-2-7-15-24)22-28(21-26)35-36-32-33-30-19-11-10-18-29(30)31(34-32)25-16-8-3-9-17-25/h1-19,21,27H,20,22H2,(H,33,34,36). The third-order valence-corrected chi connectivity index (χ3v) is 6.63. The van der Waals surface area contributed by atoms with E-state index < -0.39 is 0 Å². The summed E-state index contributed by atoms with van der Waals surface area (Å²) in [5.41, 5.74) is 10.9. The average Bonchev–Trinajstić information content (AvgIpc) is 2.97. The van der Waals surface area contributed by atoms with Gasteiger partial charge in [0.2, 0.25) is 5.95 Å². The van der Waals surface area contributed by atoms with Crippen molar-refractivity contribution in [3.05, 3.63) is 132 Å². The number of rotatable bonds is 5. The highest BCUT2D eigenvalue weighted by molar-refractivity contribution is 6.03. The van der Waals surface area contributed by atoms with E-state index in [1.165, 1.54) is 16.7 Å². The molecule has 0 fully saturated rings. The minimum absolute atomic E-state index is 0.365. The lowest BCUT2D eigenvalue weighted by Gasteiger charge is -2.24. The molecule has 0 saturated carbocycles. The predicted octanol–water partition coefficient (Wildman–Crippen LogP) is 7.73. The van der Waals surface area contributed by atoms with Crippen LogP contribution in [0.15, 0.2) is 126 Å². The smallest absolute Gasteiger partial charge is 0.244 e. The lowest BCUT2D eigenvalue weighted by Crippen LogP contribution is -2.14. The van der Waals surface area contributed by atoms with Crippen LogP contribution in [0.4, 0.5) is 5.95 Å². The van der Waals surface area contributed by atoms with E-state index in [9.17, 15) is 0 Å². The number of nitrogens with one attached hydrogen (secondary N) is 1. The number of nitrogens with zero attached hydrogens (tertiary/aromatic N) is 3. The van der Waals surface area contributed by atoms with Gasteiger partial charge in [-0.15, -0.1) is 0 Å². The van der Waals surface area contributed by atoms with Crippen molar-refractivity contribution in [1.82, 2.24) is 9.97 Å². The number of aromatic nitrogens is 2. The Hall–Kier alpha value is -4.57. The second-order valence-electron chi connectivity index (χ2n) is 9.05. The van der Waals surface area contributed by atoms with E-state index in [1.54, 1.807) is 0 Å². The molecule has 1 aromatic heterocycles. The predicted molar refractivity (Wildman–Crippen MR) is 149 cm³/mol. The zero-order valence-electron chi connectivity index (χ0n) is 19.9. The van der Waals surface area contributed by atoms with E-state index in [1.807, 2.05) is 36.4 Å². The Morgan fingerprint density at radius 2 is 1.28 bits per heavy atom. The van der Waals surface area contributed by atoms with E-state index in [4.69, 9.17) is 15.1 Å². The molecule has 1 heterocycles. The van der Waals surface area contributed by atoms with E-state index in [2.05, 4.69) is 90.4 Å². The Bertz CT molecular complexity index is 1540. The second kappa shape index (κ2) is 9.96. The molecule has 6 rings (SSSR count). The fourth-order valence-electron chi connectivity index (χ4n) is 4.87. The van der Waals surface area contributed by atoms with Crippen LogP contribution < -0.4 is 5.43 Å². The number of hydrogen-bond donors (Lipinski definition) is 1. The summed E-state index contributed by atoms with van der Waals surface area (Å²) in [4.78, 5) is 9.61. The molecular weight excluding hydrogens is 440 g/mol. The molecule has 4 heteroatoms. The molecule has 4 aromatic carbocycles. The van der Waals surface area contributed by atoms with Gasteiger partial charge in [0.15, 0.2) is 0 Å². The molecule has 1 aliphatic rings. The number of para-hydroxylation sites is 1. The Balaban J connectivity index is 1.37. The van der Waals surface area contributed by atoms with Gasteiger partial charge >= 0.3 is 0 Å². The number of benzene rings is 4. The molecule has 5 aromatic rings. The van der Waals surface area contributed by atoms with Gasteiger partial charge in [0, 0.05) is 10.9 Å². The van der Waals surface area contributed by atoms with Gasteiger partial charge in [0.05, 0.1) is 16.9 Å². The Kier molecular flexibility index (Phi) is 6.07. The monoisotopic (exact) mass is 466 g/mol. The molecule has 0 bridgehead atoms. The third-order valence-electron chi connectivity index (χ3n) is 6.63. The molecule has 1 aliphatic carbocycles. The minimum atomic E-state index is 0.365. The summed E-state index contributed by atoms with van der Waals surface area (Å²) in [5, 5.41) is 5.83. The van der Waals surface area contributed by atoms with Gasteiger partial charge in [-0.1, -0.05) is 109 Å². The van der Waals surface area contributed by atoms with Crippen molar-refractivity contribution in [2.24, 2.45) is 5.10 Å². The molecular formula is C32H26N4. The summed E-state index contributed by atoms with van der Waals surface area (Å²) in [6.45, 7) is 0. The largest absolute Gasteiger partial charge is 0.245 e. The second-order valence-corrected chi connectivity index (χ2v) is 9.05. The average molecular weight is 467 g/mol. The first-order valence-corrected chi connectivity index (χ1v) is 12.3. The van der Waals surface area contributed by atoms with Crippen molar-refractivity contribution < 1.29 is 0 Å². The molecule has 4 nitrogen and oxygen atoms in total. The Morgan fingerprint density at radius 1 is 0.639 bits per heavy atom. The highest BCUT2D eigenvalue weighted by atomic mass is 15.4. The number of allylic oxidation sites excluding steroid dienone is 2. The molecule has 0 radical (unpaired) electrons. The van der Waals surface area contributed by atoms with E-state index >= 15 is 0 Å². The van der Waals surface area contributed by atoms with Gasteiger partial charge in [-0.2, -0.15) is 5.10 Å². The fourth-order valence-corrected chi connectivity index (χ4v) is 4.87. The number of hydrazone groups is 1. The summed E-state index contributed by atoms with van der Waals surface area (Å²) in [5.74, 6) is 0.862. The molecule has 1 N–H and O–H groups in total. The molecule has 0 spiro atoms. The quantitative estimate of drug-likeness (QED) is 0.270. The van der Waals surface area contributed by atoms with Crippen LogP contribution in [0.3, 0.4) is 0 Å². The molecule has 36 heavy (non-hydrogen) atoms. The summed E-state index contributed by atoms with van der Waals surface area (Å²) in [6, 6.07) is 39.6. The van der Waals surface area contributed by atoms with Gasteiger partial charge in [0.25, 0.3) is 0 Å². The van der Waals surface area contributed by atoms with E-state index in [0.29, 0.717) is 11.9 Å². The lowest BCUT2D eigenvalue weighted by molar-refractivity contribution is 0.731. The van der Waals surface area contributed by atoms with Crippen LogP contribution in [-0.4, -0.2) is 15.7 Å². The van der Waals surface area contributed by atoms with Gasteiger partial charge in [-0.05, 0) is 47.6 Å². The van der Waals surface area contributed by atoms with Crippen molar-refractivity contribution in [2.75, 3.05) is 5.43 Å². The van der Waals surface area contributed by atoms with Gasteiger partial charge in [-0.3, -0.25) is 0 Å². The number of anilines is 1. The number of fused-ring (bicyclic) bond motifs is 1. The summed E-state index contributed by atoms with van der Waals surface area (Å²) in [6.07, 6.45) is 4.05. The fraction of sp³-hybridized carbons (Fsp3) is 0.0938. The third kappa shape index (κ3) is 4.66. The van der Waals surface area contributed by atoms with Crippen molar-refractivity contribution in [3.8, 4) is 11.3 Å². The Morgan fingerprint density at radius 3 is 2.03 bits per heavy atom. The minimum Gasteiger partial charge on any atom is -0.245 e. The summed E-state index contributed by atoms with van der Waals surface area (Å²) < 4.78 is 0. The van der Waals surface area contributed by atoms with Crippen LogP contribution in [0.5, 0.6) is 0 Å². The molecule has 1 atom stereocenters. The van der Waals surface area contributed by atoms with Crippen LogP contribution in [-0.2, 0) is 0 Å². The SMILES string of the molecule is C1=C(c2ccccc2)CC(c2ccccc2)CC1=NNc1nc(-c2ccccc2)c2ccccc2n1. The van der Waals surface area contributed by atoms with E-state index in [-0.39, 0.29) is 0 Å². The van der Waals surface area contributed by atoms with Crippen molar-refractivity contribution in [2.45, 2.75) is 18.8 Å². The van der Waals surface area contributed by atoms with E-state index in [0.717, 1.165) is 40.7 Å². The summed E-state index contributed by atoms with van der Waals surface area (Å²) in [7, 11) is 0. The first-order chi connectivity index (χ1) is 17.8. The lowest BCUT2D eigenvalue weighted by atomic mass is 9.81. The molecule has 0 saturated heterocycles. The van der Waals surface area contributed by atoms with Crippen molar-refractivity contribution in [1.29, 1.82) is 0 Å². The normalized spacial score (nSPS) is 16.6. The van der Waals surface area contributed by atoms with Crippen molar-refractivity contribution in [3.63, 3.8) is 0 Å². The topological polar surface area (TPSA) is 50.2 Å². The van der Waals surface area contributed by atoms with Gasteiger partial charge in [-0.25, -0.2) is 15.4 Å². The molecule has 0 amide bonds. The maximum absolute atomic E-state index is 4.86. The Labute approximate surface area is 211 Å². The van der Waals surface area contributed by atoms with Crippen LogP contribution in [0.1, 0.15) is 29.9 Å². The van der Waals surface area contributed by atoms with Crippen LogP contribution in [0, 0.1) is 0 Å². The highest BCUT2D eigenvalue weighted by Gasteiger charge is 2.22. The zero-order chi connectivity index (χ0) is 24.2. The van der Waals surface area contributed by atoms with Gasteiger partial charge in [0.1, 0.15) is 0 Å². The van der Waals surface area contributed by atoms with Crippen molar-refractivity contribution >= 4 is 28.1 Å². The maximum Gasteiger partial charge on any atom is 0.244 e.